The van der Waals surface area contributed by atoms with Crippen LogP contribution < -0.4 is 15.8 Å². The Hall–Kier alpha value is -1.94. The van der Waals surface area contributed by atoms with Crippen molar-refractivity contribution in [3.8, 4) is 0 Å². The van der Waals surface area contributed by atoms with Gasteiger partial charge >= 0.3 is 0 Å². The molecule has 1 unspecified atom stereocenters. The minimum atomic E-state index is -3.65. The predicted molar refractivity (Wildman–Crippen MR) is 114 cm³/mol. The van der Waals surface area contributed by atoms with E-state index in [1.807, 2.05) is 6.07 Å². The van der Waals surface area contributed by atoms with Crippen molar-refractivity contribution >= 4 is 27.3 Å². The van der Waals surface area contributed by atoms with E-state index in [0.29, 0.717) is 12.5 Å². The second kappa shape index (κ2) is 9.51. The van der Waals surface area contributed by atoms with E-state index in [1.165, 1.54) is 35.8 Å². The largest absolute Gasteiger partial charge is 0.354 e. The summed E-state index contributed by atoms with van der Waals surface area (Å²) in [4.78, 5) is 7.68. The maximum atomic E-state index is 11.4. The average molecular weight is 422 g/mol. The molecule has 1 aliphatic rings. The number of rotatable bonds is 7. The summed E-state index contributed by atoms with van der Waals surface area (Å²) in [5.41, 5.74) is 1.29. The van der Waals surface area contributed by atoms with Crippen LogP contribution in [-0.4, -0.2) is 46.0 Å². The van der Waals surface area contributed by atoms with E-state index in [9.17, 15) is 8.42 Å². The molecule has 2 heterocycles. The highest BCUT2D eigenvalue weighted by molar-refractivity contribution is 7.91. The summed E-state index contributed by atoms with van der Waals surface area (Å²) in [5, 5.41) is 11.8. The first kappa shape index (κ1) is 20.8. The maximum absolute atomic E-state index is 11.4. The molecule has 28 heavy (non-hydrogen) atoms. The van der Waals surface area contributed by atoms with Crippen molar-refractivity contribution in [1.82, 2.24) is 15.5 Å². The third-order valence-corrected chi connectivity index (χ3v) is 7.32. The molecule has 7 nitrogen and oxygen atoms in total. The lowest BCUT2D eigenvalue weighted by atomic mass is 10.1. The molecule has 0 amide bonds. The van der Waals surface area contributed by atoms with Crippen molar-refractivity contribution in [2.45, 2.75) is 29.6 Å². The minimum absolute atomic E-state index is 0.172. The molecule has 0 aliphatic carbocycles. The van der Waals surface area contributed by atoms with Gasteiger partial charge in [-0.1, -0.05) is 30.3 Å². The number of guanidine groups is 1. The van der Waals surface area contributed by atoms with Gasteiger partial charge in [-0.15, -0.1) is 11.3 Å². The Bertz CT molecular complexity index is 890. The van der Waals surface area contributed by atoms with Crippen molar-refractivity contribution in [2.75, 3.05) is 26.7 Å². The second-order valence-electron chi connectivity index (χ2n) is 6.74. The van der Waals surface area contributed by atoms with E-state index < -0.39 is 10.0 Å². The van der Waals surface area contributed by atoms with Crippen LogP contribution in [-0.2, 0) is 16.6 Å². The smallest absolute Gasteiger partial charge is 0.247 e. The van der Waals surface area contributed by atoms with Gasteiger partial charge in [-0.3, -0.25) is 9.89 Å². The summed E-state index contributed by atoms with van der Waals surface area (Å²) in [5.74, 6) is 0.686. The molecule has 1 saturated heterocycles. The zero-order valence-corrected chi connectivity index (χ0v) is 17.6. The molecule has 0 spiro atoms. The van der Waals surface area contributed by atoms with Gasteiger partial charge < -0.3 is 10.6 Å². The topological polar surface area (TPSA) is 99.8 Å². The fourth-order valence-electron chi connectivity index (χ4n) is 3.38. The number of thiophene rings is 1. The molecule has 1 atom stereocenters. The monoisotopic (exact) mass is 421 g/mol. The van der Waals surface area contributed by atoms with Crippen molar-refractivity contribution in [2.24, 2.45) is 10.1 Å². The summed E-state index contributed by atoms with van der Waals surface area (Å²) < 4.78 is 23.0. The van der Waals surface area contributed by atoms with Gasteiger partial charge in [0.1, 0.15) is 4.21 Å². The summed E-state index contributed by atoms with van der Waals surface area (Å²) >= 11 is 1.17. The maximum Gasteiger partial charge on any atom is 0.247 e. The summed E-state index contributed by atoms with van der Waals surface area (Å²) in [7, 11) is -1.92. The Morgan fingerprint density at radius 1 is 1.18 bits per heavy atom. The first-order chi connectivity index (χ1) is 13.5. The molecule has 1 fully saturated rings. The van der Waals surface area contributed by atoms with Crippen LogP contribution in [0.3, 0.4) is 0 Å². The SMILES string of the molecule is CN=C(NCc1ccc(S(N)(=O)=O)s1)NCC(c1ccccc1)N1CCCC1. The van der Waals surface area contributed by atoms with Gasteiger partial charge in [0, 0.05) is 18.5 Å². The highest BCUT2D eigenvalue weighted by atomic mass is 32.2. The van der Waals surface area contributed by atoms with Gasteiger partial charge in [0.05, 0.1) is 12.6 Å². The normalized spacial score (nSPS) is 16.9. The highest BCUT2D eigenvalue weighted by Gasteiger charge is 2.23. The molecule has 2 aromatic rings. The third-order valence-electron chi connectivity index (χ3n) is 4.80. The quantitative estimate of drug-likeness (QED) is 0.468. The van der Waals surface area contributed by atoms with Crippen LogP contribution in [0.5, 0.6) is 0 Å². The molecular formula is C19H27N5O2S2. The van der Waals surface area contributed by atoms with Crippen LogP contribution in [0, 0.1) is 0 Å². The number of aliphatic imine (C=N–C) groups is 1. The lowest BCUT2D eigenvalue weighted by Gasteiger charge is -2.28. The van der Waals surface area contributed by atoms with Gasteiger partial charge in [-0.2, -0.15) is 0 Å². The van der Waals surface area contributed by atoms with Gasteiger partial charge in [-0.05, 0) is 43.6 Å². The van der Waals surface area contributed by atoms with Crippen molar-refractivity contribution in [3.05, 3.63) is 52.9 Å². The van der Waals surface area contributed by atoms with Crippen LogP contribution in [0.15, 0.2) is 51.7 Å². The van der Waals surface area contributed by atoms with Gasteiger partial charge in [-0.25, -0.2) is 13.6 Å². The molecular weight excluding hydrogens is 394 g/mol. The van der Waals surface area contributed by atoms with Crippen LogP contribution in [0.25, 0.3) is 0 Å². The summed E-state index contributed by atoms with van der Waals surface area (Å²) in [6.45, 7) is 3.45. The van der Waals surface area contributed by atoms with Crippen molar-refractivity contribution in [3.63, 3.8) is 0 Å². The van der Waals surface area contributed by atoms with E-state index in [0.717, 1.165) is 24.5 Å². The number of nitrogens with zero attached hydrogens (tertiary/aromatic N) is 2. The Labute approximate surface area is 170 Å². The molecule has 9 heteroatoms. The van der Waals surface area contributed by atoms with Crippen LogP contribution in [0.2, 0.25) is 0 Å². The molecule has 0 radical (unpaired) electrons. The Morgan fingerprint density at radius 3 is 2.50 bits per heavy atom. The Kier molecular flexibility index (Phi) is 7.06. The average Bonchev–Trinajstić information content (AvgIpc) is 3.37. The molecule has 1 aliphatic heterocycles. The number of hydrogen-bond acceptors (Lipinski definition) is 5. The van der Waals surface area contributed by atoms with E-state index in [1.54, 1.807) is 13.1 Å². The number of sulfonamides is 1. The first-order valence-corrected chi connectivity index (χ1v) is 11.7. The molecule has 4 N–H and O–H groups in total. The first-order valence-electron chi connectivity index (χ1n) is 9.32. The molecule has 152 valence electrons. The lowest BCUT2D eigenvalue weighted by molar-refractivity contribution is 0.245. The number of benzene rings is 1. The molecule has 0 saturated carbocycles. The minimum Gasteiger partial charge on any atom is -0.354 e. The molecule has 1 aromatic carbocycles. The van der Waals surface area contributed by atoms with E-state index in [2.05, 4.69) is 44.8 Å². The number of nitrogens with one attached hydrogen (secondary N) is 2. The van der Waals surface area contributed by atoms with Crippen molar-refractivity contribution < 1.29 is 8.42 Å². The van der Waals surface area contributed by atoms with Gasteiger partial charge in [0.15, 0.2) is 5.96 Å². The van der Waals surface area contributed by atoms with Crippen LogP contribution in [0.1, 0.15) is 29.3 Å². The number of primary sulfonamides is 1. The molecule has 1 aromatic heterocycles. The van der Waals surface area contributed by atoms with E-state index in [-0.39, 0.29) is 10.3 Å². The number of likely N-dealkylation sites (tertiary alicyclic amines) is 1. The fraction of sp³-hybridized carbons (Fsp3) is 0.421. The lowest BCUT2D eigenvalue weighted by Crippen LogP contribution is -2.42. The molecule has 0 bridgehead atoms. The fourth-order valence-corrected chi connectivity index (χ4v) is 5.10. The number of hydrogen-bond donors (Lipinski definition) is 3. The summed E-state index contributed by atoms with van der Waals surface area (Å²) in [6, 6.07) is 14.1. The Morgan fingerprint density at radius 2 is 1.89 bits per heavy atom. The van der Waals surface area contributed by atoms with Gasteiger partial charge in [0.25, 0.3) is 0 Å². The Balaban J connectivity index is 1.59. The molecule has 3 rings (SSSR count). The summed E-state index contributed by atoms with van der Waals surface area (Å²) in [6.07, 6.45) is 2.47. The van der Waals surface area contributed by atoms with E-state index in [4.69, 9.17) is 5.14 Å². The zero-order chi connectivity index (χ0) is 20.0. The van der Waals surface area contributed by atoms with Crippen molar-refractivity contribution in [1.29, 1.82) is 0 Å². The third kappa shape index (κ3) is 5.54. The van der Waals surface area contributed by atoms with Crippen LogP contribution in [0.4, 0.5) is 0 Å². The van der Waals surface area contributed by atoms with E-state index >= 15 is 0 Å². The number of nitrogens with two attached hydrogens (primary N) is 1. The zero-order valence-electron chi connectivity index (χ0n) is 16.0. The van der Waals surface area contributed by atoms with Gasteiger partial charge in [0.2, 0.25) is 10.0 Å². The standard InChI is InChI=1S/C19H27N5O2S2/c1-21-19(22-13-16-9-10-18(27-16)28(20,25)26)23-14-17(24-11-5-6-12-24)15-7-3-2-4-8-15/h2-4,7-10,17H,5-6,11-14H2,1H3,(H2,20,25,26)(H2,21,22,23). The predicted octanol–water partition coefficient (Wildman–Crippen LogP) is 1.90. The second-order valence-corrected chi connectivity index (χ2v) is 9.70. The highest BCUT2D eigenvalue weighted by Crippen LogP contribution is 2.24. The van der Waals surface area contributed by atoms with Crippen LogP contribution >= 0.6 is 11.3 Å².